The first-order valence-corrected chi connectivity index (χ1v) is 6.71. The normalized spacial score (nSPS) is 14.0. The monoisotopic (exact) mass is 243 g/mol. The Kier molecular flexibility index (Phi) is 7.44. The van der Waals surface area contributed by atoms with Crippen molar-refractivity contribution in [3.63, 3.8) is 0 Å². The number of hydrogen-bond donors (Lipinski definition) is 1. The van der Waals surface area contributed by atoms with Crippen molar-refractivity contribution >= 4 is 5.97 Å². The number of carboxylic acid groups (broad SMARTS) is 1. The fraction of sp³-hybridized carbons (Fsp3) is 0.929. The molecule has 3 heteroatoms. The molecule has 0 radical (unpaired) electrons. The van der Waals surface area contributed by atoms with Gasteiger partial charge >= 0.3 is 5.97 Å². The van der Waals surface area contributed by atoms with Gasteiger partial charge in [-0.05, 0) is 46.2 Å². The Balaban J connectivity index is 3.68. The van der Waals surface area contributed by atoms with Crippen LogP contribution >= 0.6 is 0 Å². The largest absolute Gasteiger partial charge is 0.481 e. The number of unbranched alkanes of at least 4 members (excludes halogenated alkanes) is 1. The molecule has 0 rings (SSSR count). The standard InChI is InChI=1S/C14H29NO2/c1-6-12(2)11-15(5)10-8-7-9-14(3,4)13(16)17/h12H,6-11H2,1-5H3,(H,16,17). The summed E-state index contributed by atoms with van der Waals surface area (Å²) < 4.78 is 0. The van der Waals surface area contributed by atoms with E-state index in [1.165, 1.54) is 6.42 Å². The Bertz CT molecular complexity index is 226. The summed E-state index contributed by atoms with van der Waals surface area (Å²) >= 11 is 0. The van der Waals surface area contributed by atoms with Gasteiger partial charge in [0, 0.05) is 6.54 Å². The molecule has 0 bridgehead atoms. The van der Waals surface area contributed by atoms with E-state index >= 15 is 0 Å². The van der Waals surface area contributed by atoms with Crippen LogP contribution < -0.4 is 0 Å². The van der Waals surface area contributed by atoms with E-state index in [2.05, 4.69) is 25.8 Å². The van der Waals surface area contributed by atoms with E-state index < -0.39 is 11.4 Å². The van der Waals surface area contributed by atoms with E-state index in [9.17, 15) is 4.79 Å². The first-order chi connectivity index (χ1) is 7.79. The maximum absolute atomic E-state index is 10.9. The number of nitrogens with zero attached hydrogens (tertiary/aromatic N) is 1. The number of hydrogen-bond acceptors (Lipinski definition) is 2. The average molecular weight is 243 g/mol. The van der Waals surface area contributed by atoms with Crippen LogP contribution in [0.3, 0.4) is 0 Å². The summed E-state index contributed by atoms with van der Waals surface area (Å²) in [7, 11) is 2.15. The molecule has 3 nitrogen and oxygen atoms in total. The van der Waals surface area contributed by atoms with Crippen LogP contribution in [0.15, 0.2) is 0 Å². The Morgan fingerprint density at radius 3 is 2.41 bits per heavy atom. The van der Waals surface area contributed by atoms with Crippen LogP contribution in [0.5, 0.6) is 0 Å². The third-order valence-electron chi connectivity index (χ3n) is 3.49. The highest BCUT2D eigenvalue weighted by atomic mass is 16.4. The first-order valence-electron chi connectivity index (χ1n) is 6.71. The third-order valence-corrected chi connectivity index (χ3v) is 3.49. The lowest BCUT2D eigenvalue weighted by Crippen LogP contribution is -2.26. The molecule has 0 aromatic rings. The SMILES string of the molecule is CCC(C)CN(C)CCCCC(C)(C)C(=O)O. The van der Waals surface area contributed by atoms with Crippen LogP contribution in [0.25, 0.3) is 0 Å². The smallest absolute Gasteiger partial charge is 0.309 e. The summed E-state index contributed by atoms with van der Waals surface area (Å²) in [6.45, 7) is 10.3. The molecule has 17 heavy (non-hydrogen) atoms. The zero-order valence-corrected chi connectivity index (χ0v) is 12.1. The lowest BCUT2D eigenvalue weighted by atomic mass is 9.87. The lowest BCUT2D eigenvalue weighted by molar-refractivity contribution is -0.147. The molecule has 0 amide bonds. The van der Waals surface area contributed by atoms with Gasteiger partial charge in [-0.25, -0.2) is 0 Å². The molecule has 0 aliphatic carbocycles. The van der Waals surface area contributed by atoms with Gasteiger partial charge in [0.25, 0.3) is 0 Å². The number of aliphatic carboxylic acids is 1. The average Bonchev–Trinajstić information content (AvgIpc) is 2.24. The Morgan fingerprint density at radius 1 is 1.35 bits per heavy atom. The Labute approximate surface area is 106 Å². The number of carbonyl (C=O) groups is 1. The van der Waals surface area contributed by atoms with Gasteiger partial charge in [0.1, 0.15) is 0 Å². The van der Waals surface area contributed by atoms with Crippen LogP contribution in [0.2, 0.25) is 0 Å². The summed E-state index contributed by atoms with van der Waals surface area (Å²) in [6, 6.07) is 0. The van der Waals surface area contributed by atoms with Gasteiger partial charge in [-0.1, -0.05) is 26.7 Å². The fourth-order valence-electron chi connectivity index (χ4n) is 1.81. The maximum Gasteiger partial charge on any atom is 0.309 e. The second-order valence-electron chi connectivity index (χ2n) is 5.92. The van der Waals surface area contributed by atoms with Gasteiger partial charge in [-0.2, -0.15) is 0 Å². The van der Waals surface area contributed by atoms with Crippen LogP contribution in [-0.2, 0) is 4.79 Å². The van der Waals surface area contributed by atoms with Crippen molar-refractivity contribution in [1.82, 2.24) is 4.90 Å². The predicted octanol–water partition coefficient (Wildman–Crippen LogP) is 3.25. The lowest BCUT2D eigenvalue weighted by Gasteiger charge is -2.22. The van der Waals surface area contributed by atoms with E-state index in [1.54, 1.807) is 13.8 Å². The van der Waals surface area contributed by atoms with Gasteiger partial charge in [0.2, 0.25) is 0 Å². The van der Waals surface area contributed by atoms with Gasteiger partial charge in [-0.3, -0.25) is 4.79 Å². The summed E-state index contributed by atoms with van der Waals surface area (Å²) in [5.41, 5.74) is -0.574. The highest BCUT2D eigenvalue weighted by Gasteiger charge is 2.25. The molecule has 0 aliphatic heterocycles. The Morgan fingerprint density at radius 2 is 1.94 bits per heavy atom. The van der Waals surface area contributed by atoms with Crippen LogP contribution in [0.4, 0.5) is 0 Å². The van der Waals surface area contributed by atoms with Crippen molar-refractivity contribution < 1.29 is 9.90 Å². The third kappa shape index (κ3) is 7.37. The van der Waals surface area contributed by atoms with Gasteiger partial charge < -0.3 is 10.0 Å². The minimum Gasteiger partial charge on any atom is -0.481 e. The van der Waals surface area contributed by atoms with Crippen molar-refractivity contribution in [3.05, 3.63) is 0 Å². The van der Waals surface area contributed by atoms with Gasteiger partial charge in [-0.15, -0.1) is 0 Å². The van der Waals surface area contributed by atoms with E-state index in [0.29, 0.717) is 0 Å². The van der Waals surface area contributed by atoms with Crippen LogP contribution in [-0.4, -0.2) is 36.1 Å². The highest BCUT2D eigenvalue weighted by molar-refractivity contribution is 5.73. The molecule has 0 spiro atoms. The fourth-order valence-corrected chi connectivity index (χ4v) is 1.81. The van der Waals surface area contributed by atoms with Crippen molar-refractivity contribution in [3.8, 4) is 0 Å². The topological polar surface area (TPSA) is 40.5 Å². The molecule has 1 N–H and O–H groups in total. The zero-order valence-electron chi connectivity index (χ0n) is 12.1. The van der Waals surface area contributed by atoms with E-state index in [1.807, 2.05) is 0 Å². The molecular weight excluding hydrogens is 214 g/mol. The van der Waals surface area contributed by atoms with Gasteiger partial charge in [0.05, 0.1) is 5.41 Å². The number of carboxylic acids is 1. The second kappa shape index (κ2) is 7.70. The van der Waals surface area contributed by atoms with E-state index in [0.717, 1.165) is 38.3 Å². The predicted molar refractivity (Wildman–Crippen MR) is 72.2 cm³/mol. The molecule has 1 atom stereocenters. The van der Waals surface area contributed by atoms with E-state index in [4.69, 9.17) is 5.11 Å². The molecule has 0 saturated carbocycles. The highest BCUT2D eigenvalue weighted by Crippen LogP contribution is 2.23. The molecule has 0 heterocycles. The van der Waals surface area contributed by atoms with Crippen molar-refractivity contribution in [2.75, 3.05) is 20.1 Å². The van der Waals surface area contributed by atoms with Crippen molar-refractivity contribution in [2.45, 2.75) is 53.4 Å². The van der Waals surface area contributed by atoms with Crippen molar-refractivity contribution in [1.29, 1.82) is 0 Å². The number of rotatable bonds is 9. The Hall–Kier alpha value is -0.570. The summed E-state index contributed by atoms with van der Waals surface area (Å²) in [6.07, 6.45) is 4.06. The summed E-state index contributed by atoms with van der Waals surface area (Å²) in [4.78, 5) is 13.3. The van der Waals surface area contributed by atoms with Crippen molar-refractivity contribution in [2.24, 2.45) is 11.3 Å². The molecule has 0 saturated heterocycles. The van der Waals surface area contributed by atoms with Crippen LogP contribution in [0, 0.1) is 11.3 Å². The first kappa shape index (κ1) is 16.4. The maximum atomic E-state index is 10.9. The molecule has 0 fully saturated rings. The minimum atomic E-state index is -0.689. The molecular formula is C14H29NO2. The minimum absolute atomic E-state index is 0.574. The summed E-state index contributed by atoms with van der Waals surface area (Å²) in [5.74, 6) is 0.0564. The van der Waals surface area contributed by atoms with Gasteiger partial charge in [0.15, 0.2) is 0 Å². The second-order valence-corrected chi connectivity index (χ2v) is 5.92. The molecule has 0 aromatic heterocycles. The summed E-state index contributed by atoms with van der Waals surface area (Å²) in [5, 5.41) is 8.99. The molecule has 0 aliphatic rings. The molecule has 102 valence electrons. The van der Waals surface area contributed by atoms with E-state index in [-0.39, 0.29) is 0 Å². The zero-order chi connectivity index (χ0) is 13.5. The van der Waals surface area contributed by atoms with Crippen LogP contribution in [0.1, 0.15) is 53.4 Å². The molecule has 1 unspecified atom stereocenters. The quantitative estimate of drug-likeness (QED) is 0.632. The molecule has 0 aromatic carbocycles.